The molecule has 0 spiro atoms. The Bertz CT molecular complexity index is 937. The summed E-state index contributed by atoms with van der Waals surface area (Å²) in [4.78, 5) is 0. The average molecular weight is 375 g/mol. The van der Waals surface area contributed by atoms with Gasteiger partial charge in [0.1, 0.15) is 17.3 Å². The van der Waals surface area contributed by atoms with Gasteiger partial charge in [0.05, 0.1) is 5.56 Å². The van der Waals surface area contributed by atoms with E-state index >= 15 is 0 Å². The van der Waals surface area contributed by atoms with Crippen LogP contribution < -0.4 is 10.1 Å². The van der Waals surface area contributed by atoms with Crippen LogP contribution in [-0.4, -0.2) is 0 Å². The molecule has 1 N–H and O–H groups in total. The zero-order chi connectivity index (χ0) is 19.4. The molecule has 0 radical (unpaired) electrons. The Kier molecular flexibility index (Phi) is 5.35. The first kappa shape index (κ1) is 18.8. The highest BCUT2D eigenvalue weighted by Crippen LogP contribution is 2.30. The van der Waals surface area contributed by atoms with Crippen LogP contribution in [0.2, 0.25) is 0 Å². The predicted molar refractivity (Wildman–Crippen MR) is 96.4 cm³/mol. The molecule has 0 amide bonds. The molecule has 0 aliphatic carbocycles. The van der Waals surface area contributed by atoms with Crippen LogP contribution in [0.5, 0.6) is 11.5 Å². The van der Waals surface area contributed by atoms with Gasteiger partial charge in [-0.1, -0.05) is 24.3 Å². The third-order valence-electron chi connectivity index (χ3n) is 3.92. The van der Waals surface area contributed by atoms with Gasteiger partial charge in [-0.15, -0.1) is 0 Å². The zero-order valence-corrected chi connectivity index (χ0v) is 14.5. The first-order chi connectivity index (χ1) is 12.8. The first-order valence-corrected chi connectivity index (χ1v) is 8.25. The third kappa shape index (κ3) is 5.00. The average Bonchev–Trinajstić information content (AvgIpc) is 2.60. The van der Waals surface area contributed by atoms with Crippen LogP contribution in [-0.2, 0) is 12.7 Å². The normalized spacial score (nSPS) is 11.3. The molecule has 0 fully saturated rings. The number of rotatable bonds is 5. The number of anilines is 1. The molecule has 6 heteroatoms. The Labute approximate surface area is 154 Å². The van der Waals surface area contributed by atoms with Crippen LogP contribution >= 0.6 is 0 Å². The van der Waals surface area contributed by atoms with Crippen LogP contribution in [0.3, 0.4) is 0 Å². The van der Waals surface area contributed by atoms with Crippen molar-refractivity contribution in [3.8, 4) is 11.5 Å². The van der Waals surface area contributed by atoms with E-state index in [9.17, 15) is 17.6 Å². The molecule has 0 saturated carbocycles. The van der Waals surface area contributed by atoms with Crippen LogP contribution in [0.15, 0.2) is 66.7 Å². The van der Waals surface area contributed by atoms with E-state index in [0.29, 0.717) is 23.3 Å². The van der Waals surface area contributed by atoms with E-state index in [1.165, 1.54) is 0 Å². The summed E-state index contributed by atoms with van der Waals surface area (Å²) in [7, 11) is 0. The SMILES string of the molecule is Cc1cccc(Oc2cccc(NCc3ccc(C(F)(F)F)cc3F)c2)c1. The van der Waals surface area contributed by atoms with Crippen molar-refractivity contribution in [2.45, 2.75) is 19.6 Å². The van der Waals surface area contributed by atoms with Crippen LogP contribution in [0, 0.1) is 12.7 Å². The number of aryl methyl sites for hydroxylation is 1. The summed E-state index contributed by atoms with van der Waals surface area (Å²) in [5.41, 5.74) is 0.879. The maximum Gasteiger partial charge on any atom is 0.416 e. The van der Waals surface area contributed by atoms with Crippen LogP contribution in [0.25, 0.3) is 0 Å². The van der Waals surface area contributed by atoms with Gasteiger partial charge < -0.3 is 10.1 Å². The number of ether oxygens (including phenoxy) is 1. The van der Waals surface area contributed by atoms with E-state index in [1.807, 2.05) is 31.2 Å². The highest BCUT2D eigenvalue weighted by molar-refractivity contribution is 5.49. The van der Waals surface area contributed by atoms with E-state index < -0.39 is 17.6 Å². The highest BCUT2D eigenvalue weighted by Gasteiger charge is 2.31. The fourth-order valence-electron chi connectivity index (χ4n) is 2.55. The van der Waals surface area contributed by atoms with Crippen molar-refractivity contribution in [1.29, 1.82) is 0 Å². The van der Waals surface area contributed by atoms with Crippen molar-refractivity contribution in [1.82, 2.24) is 0 Å². The quantitative estimate of drug-likeness (QED) is 0.510. The number of halogens is 4. The van der Waals surface area contributed by atoms with E-state index in [4.69, 9.17) is 4.74 Å². The van der Waals surface area contributed by atoms with Gasteiger partial charge in [-0.2, -0.15) is 13.2 Å². The summed E-state index contributed by atoms with van der Waals surface area (Å²) in [5, 5.41) is 3.00. The van der Waals surface area contributed by atoms with Crippen LogP contribution in [0.4, 0.5) is 23.2 Å². The van der Waals surface area contributed by atoms with Crippen molar-refractivity contribution in [2.75, 3.05) is 5.32 Å². The first-order valence-electron chi connectivity index (χ1n) is 8.25. The summed E-state index contributed by atoms with van der Waals surface area (Å²) in [6.07, 6.45) is -4.56. The molecule has 27 heavy (non-hydrogen) atoms. The van der Waals surface area contributed by atoms with Gasteiger partial charge in [-0.25, -0.2) is 4.39 Å². The number of nitrogens with one attached hydrogen (secondary N) is 1. The number of hydrogen-bond acceptors (Lipinski definition) is 2. The molecule has 0 aromatic heterocycles. The lowest BCUT2D eigenvalue weighted by Gasteiger charge is -2.12. The van der Waals surface area contributed by atoms with E-state index in [2.05, 4.69) is 5.32 Å². The highest BCUT2D eigenvalue weighted by atomic mass is 19.4. The second kappa shape index (κ2) is 7.70. The van der Waals surface area contributed by atoms with Crippen molar-refractivity contribution in [2.24, 2.45) is 0 Å². The smallest absolute Gasteiger partial charge is 0.416 e. The summed E-state index contributed by atoms with van der Waals surface area (Å²) in [5.74, 6) is 0.393. The Morgan fingerprint density at radius 3 is 2.26 bits per heavy atom. The third-order valence-corrected chi connectivity index (χ3v) is 3.92. The molecule has 3 aromatic rings. The topological polar surface area (TPSA) is 21.3 Å². The molecule has 3 rings (SSSR count). The monoisotopic (exact) mass is 375 g/mol. The summed E-state index contributed by atoms with van der Waals surface area (Å²) < 4.78 is 57.5. The lowest BCUT2D eigenvalue weighted by atomic mass is 10.1. The summed E-state index contributed by atoms with van der Waals surface area (Å²) in [6, 6.07) is 17.2. The van der Waals surface area contributed by atoms with E-state index in [-0.39, 0.29) is 12.1 Å². The molecule has 140 valence electrons. The predicted octanol–water partition coefficient (Wildman–Crippen LogP) is 6.56. The van der Waals surface area contributed by atoms with Gasteiger partial charge in [0, 0.05) is 23.9 Å². The summed E-state index contributed by atoms with van der Waals surface area (Å²) in [6.45, 7) is 2.02. The van der Waals surface area contributed by atoms with Gasteiger partial charge >= 0.3 is 6.18 Å². The van der Waals surface area contributed by atoms with Crippen LogP contribution in [0.1, 0.15) is 16.7 Å². The van der Waals surface area contributed by atoms with Crippen molar-refractivity contribution in [3.05, 3.63) is 89.2 Å². The molecular formula is C21H17F4NO. The van der Waals surface area contributed by atoms with Gasteiger partial charge in [0.25, 0.3) is 0 Å². The fraction of sp³-hybridized carbons (Fsp3) is 0.143. The lowest BCUT2D eigenvalue weighted by Crippen LogP contribution is -2.08. The lowest BCUT2D eigenvalue weighted by molar-refractivity contribution is -0.137. The molecule has 0 atom stereocenters. The van der Waals surface area contributed by atoms with E-state index in [1.54, 1.807) is 24.3 Å². The molecule has 0 unspecified atom stereocenters. The number of alkyl halides is 3. The molecule has 0 saturated heterocycles. The van der Waals surface area contributed by atoms with E-state index in [0.717, 1.165) is 17.7 Å². The molecular weight excluding hydrogens is 358 g/mol. The minimum Gasteiger partial charge on any atom is -0.457 e. The maximum atomic E-state index is 13.9. The Morgan fingerprint density at radius 2 is 1.59 bits per heavy atom. The molecule has 0 heterocycles. The molecule has 3 aromatic carbocycles. The van der Waals surface area contributed by atoms with Gasteiger partial charge in [-0.3, -0.25) is 0 Å². The van der Waals surface area contributed by atoms with Crippen molar-refractivity contribution >= 4 is 5.69 Å². The molecule has 0 aliphatic rings. The number of benzene rings is 3. The van der Waals surface area contributed by atoms with Gasteiger partial charge in [-0.05, 0) is 48.9 Å². The Morgan fingerprint density at radius 1 is 0.889 bits per heavy atom. The standard InChI is InChI=1S/C21H17F4NO/c1-14-4-2-6-18(10-14)27-19-7-3-5-17(12-19)26-13-15-8-9-16(11-20(15)22)21(23,24)25/h2-12,26H,13H2,1H3. The second-order valence-corrected chi connectivity index (χ2v) is 6.10. The van der Waals surface area contributed by atoms with Crippen molar-refractivity contribution in [3.63, 3.8) is 0 Å². The fourth-order valence-corrected chi connectivity index (χ4v) is 2.55. The zero-order valence-electron chi connectivity index (χ0n) is 14.5. The molecule has 0 bridgehead atoms. The maximum absolute atomic E-state index is 13.9. The largest absolute Gasteiger partial charge is 0.457 e. The van der Waals surface area contributed by atoms with Crippen molar-refractivity contribution < 1.29 is 22.3 Å². The Balaban J connectivity index is 1.68. The summed E-state index contributed by atoms with van der Waals surface area (Å²) >= 11 is 0. The minimum atomic E-state index is -4.56. The second-order valence-electron chi connectivity index (χ2n) is 6.10. The molecule has 2 nitrogen and oxygen atoms in total. The van der Waals surface area contributed by atoms with Gasteiger partial charge in [0.2, 0.25) is 0 Å². The minimum absolute atomic E-state index is 0.0534. The molecule has 0 aliphatic heterocycles. The van der Waals surface area contributed by atoms with Gasteiger partial charge in [0.15, 0.2) is 0 Å². The number of hydrogen-bond donors (Lipinski definition) is 1. The Hall–Kier alpha value is -3.02.